The SMILES string of the molecule is CC(Cc1ccco1)NCCCC#N. The first-order valence-corrected chi connectivity index (χ1v) is 4.95. The van der Waals surface area contributed by atoms with Crippen molar-refractivity contribution in [3.63, 3.8) is 0 Å². The molecule has 1 aromatic rings. The molecule has 3 heteroatoms. The quantitative estimate of drug-likeness (QED) is 0.702. The van der Waals surface area contributed by atoms with Crippen LogP contribution in [0.5, 0.6) is 0 Å². The molecule has 1 rings (SSSR count). The smallest absolute Gasteiger partial charge is 0.105 e. The van der Waals surface area contributed by atoms with Gasteiger partial charge in [0.05, 0.1) is 12.3 Å². The Morgan fingerprint density at radius 3 is 3.14 bits per heavy atom. The fraction of sp³-hybridized carbons (Fsp3) is 0.545. The molecule has 1 atom stereocenters. The van der Waals surface area contributed by atoms with Gasteiger partial charge in [-0.2, -0.15) is 5.26 Å². The summed E-state index contributed by atoms with van der Waals surface area (Å²) in [6.07, 6.45) is 4.14. The van der Waals surface area contributed by atoms with Gasteiger partial charge in [-0.3, -0.25) is 0 Å². The van der Waals surface area contributed by atoms with Crippen LogP contribution in [-0.4, -0.2) is 12.6 Å². The molecule has 0 spiro atoms. The van der Waals surface area contributed by atoms with Gasteiger partial charge in [0.25, 0.3) is 0 Å². The van der Waals surface area contributed by atoms with E-state index < -0.39 is 0 Å². The predicted molar refractivity (Wildman–Crippen MR) is 54.7 cm³/mol. The van der Waals surface area contributed by atoms with Crippen LogP contribution in [0.15, 0.2) is 22.8 Å². The lowest BCUT2D eigenvalue weighted by Crippen LogP contribution is -2.28. The van der Waals surface area contributed by atoms with E-state index in [1.54, 1.807) is 6.26 Å². The number of furan rings is 1. The predicted octanol–water partition coefficient (Wildman–Crippen LogP) is 2.10. The molecule has 0 radical (unpaired) electrons. The number of rotatable bonds is 6. The van der Waals surface area contributed by atoms with Crippen LogP contribution in [0.1, 0.15) is 25.5 Å². The van der Waals surface area contributed by atoms with E-state index in [1.165, 1.54) is 0 Å². The number of nitrogens with one attached hydrogen (secondary N) is 1. The zero-order chi connectivity index (χ0) is 10.2. The van der Waals surface area contributed by atoms with Crippen LogP contribution >= 0.6 is 0 Å². The first-order valence-electron chi connectivity index (χ1n) is 4.95. The molecule has 1 heterocycles. The highest BCUT2D eigenvalue weighted by Crippen LogP contribution is 2.03. The molecule has 0 aliphatic rings. The molecule has 76 valence electrons. The van der Waals surface area contributed by atoms with E-state index in [-0.39, 0.29) is 0 Å². The monoisotopic (exact) mass is 192 g/mol. The summed E-state index contributed by atoms with van der Waals surface area (Å²) in [7, 11) is 0. The fourth-order valence-corrected chi connectivity index (χ4v) is 1.32. The van der Waals surface area contributed by atoms with Gasteiger partial charge in [0.15, 0.2) is 0 Å². The van der Waals surface area contributed by atoms with Crippen molar-refractivity contribution in [2.75, 3.05) is 6.54 Å². The third-order valence-corrected chi connectivity index (χ3v) is 2.05. The van der Waals surface area contributed by atoms with Gasteiger partial charge >= 0.3 is 0 Å². The van der Waals surface area contributed by atoms with Crippen LogP contribution in [0.2, 0.25) is 0 Å². The summed E-state index contributed by atoms with van der Waals surface area (Å²) in [4.78, 5) is 0. The third-order valence-electron chi connectivity index (χ3n) is 2.05. The number of nitriles is 1. The lowest BCUT2D eigenvalue weighted by Gasteiger charge is -2.11. The zero-order valence-corrected chi connectivity index (χ0v) is 8.49. The van der Waals surface area contributed by atoms with Gasteiger partial charge in [-0.05, 0) is 32.0 Å². The molecule has 1 N–H and O–H groups in total. The van der Waals surface area contributed by atoms with Crippen molar-refractivity contribution in [3.05, 3.63) is 24.2 Å². The van der Waals surface area contributed by atoms with Gasteiger partial charge in [-0.15, -0.1) is 0 Å². The van der Waals surface area contributed by atoms with Gasteiger partial charge in [-0.25, -0.2) is 0 Å². The van der Waals surface area contributed by atoms with Gasteiger partial charge in [0, 0.05) is 18.9 Å². The summed E-state index contributed by atoms with van der Waals surface area (Å²) in [5.74, 6) is 1.00. The molecule has 3 nitrogen and oxygen atoms in total. The number of hydrogen-bond donors (Lipinski definition) is 1. The fourth-order valence-electron chi connectivity index (χ4n) is 1.32. The van der Waals surface area contributed by atoms with Crippen molar-refractivity contribution < 1.29 is 4.42 Å². The van der Waals surface area contributed by atoms with Gasteiger partial charge < -0.3 is 9.73 Å². The second-order valence-electron chi connectivity index (χ2n) is 3.40. The van der Waals surface area contributed by atoms with Crippen molar-refractivity contribution >= 4 is 0 Å². The second kappa shape index (κ2) is 6.22. The minimum Gasteiger partial charge on any atom is -0.469 e. The number of hydrogen-bond acceptors (Lipinski definition) is 3. The summed E-state index contributed by atoms with van der Waals surface area (Å²) >= 11 is 0. The molecular formula is C11H16N2O. The first kappa shape index (κ1) is 10.8. The molecule has 1 aromatic heterocycles. The normalized spacial score (nSPS) is 12.3. The van der Waals surface area contributed by atoms with Crippen molar-refractivity contribution in [2.24, 2.45) is 0 Å². The van der Waals surface area contributed by atoms with E-state index in [1.807, 2.05) is 12.1 Å². The maximum Gasteiger partial charge on any atom is 0.105 e. The van der Waals surface area contributed by atoms with Gasteiger partial charge in [0.2, 0.25) is 0 Å². The largest absolute Gasteiger partial charge is 0.469 e. The Bertz CT molecular complexity index is 274. The zero-order valence-electron chi connectivity index (χ0n) is 8.49. The minimum atomic E-state index is 0.403. The molecule has 0 bridgehead atoms. The van der Waals surface area contributed by atoms with Crippen LogP contribution in [0.25, 0.3) is 0 Å². The van der Waals surface area contributed by atoms with Gasteiger partial charge in [0.1, 0.15) is 5.76 Å². The highest BCUT2D eigenvalue weighted by Gasteiger charge is 2.03. The lowest BCUT2D eigenvalue weighted by molar-refractivity contribution is 0.455. The van der Waals surface area contributed by atoms with Crippen LogP contribution in [-0.2, 0) is 6.42 Å². The van der Waals surface area contributed by atoms with E-state index in [2.05, 4.69) is 18.3 Å². The summed E-state index contributed by atoms with van der Waals surface area (Å²) < 4.78 is 5.24. The topological polar surface area (TPSA) is 49.0 Å². The second-order valence-corrected chi connectivity index (χ2v) is 3.40. The van der Waals surface area contributed by atoms with Crippen LogP contribution in [0, 0.1) is 11.3 Å². The Morgan fingerprint density at radius 1 is 1.64 bits per heavy atom. The van der Waals surface area contributed by atoms with E-state index >= 15 is 0 Å². The molecule has 0 aromatic carbocycles. The summed E-state index contributed by atoms with van der Waals surface area (Å²) in [6.45, 7) is 3.02. The molecule has 0 saturated carbocycles. The molecule has 0 fully saturated rings. The minimum absolute atomic E-state index is 0.403. The van der Waals surface area contributed by atoms with Crippen molar-refractivity contribution in [1.82, 2.24) is 5.32 Å². The lowest BCUT2D eigenvalue weighted by atomic mass is 10.2. The Balaban J connectivity index is 2.11. The van der Waals surface area contributed by atoms with Crippen molar-refractivity contribution in [3.8, 4) is 6.07 Å². The molecule has 14 heavy (non-hydrogen) atoms. The number of unbranched alkanes of at least 4 members (excludes halogenated alkanes) is 1. The summed E-state index contributed by atoms with van der Waals surface area (Å²) in [5.41, 5.74) is 0. The Morgan fingerprint density at radius 2 is 2.50 bits per heavy atom. The summed E-state index contributed by atoms with van der Waals surface area (Å²) in [6, 6.07) is 6.41. The van der Waals surface area contributed by atoms with Crippen LogP contribution in [0.4, 0.5) is 0 Å². The Hall–Kier alpha value is -1.27. The van der Waals surface area contributed by atoms with Crippen molar-refractivity contribution in [2.45, 2.75) is 32.2 Å². The summed E-state index contributed by atoms with van der Waals surface area (Å²) in [5, 5.41) is 11.7. The van der Waals surface area contributed by atoms with E-state index in [4.69, 9.17) is 9.68 Å². The first-order chi connectivity index (χ1) is 6.83. The maximum atomic E-state index is 8.35. The highest BCUT2D eigenvalue weighted by molar-refractivity contribution is 4.99. The molecule has 0 saturated heterocycles. The van der Waals surface area contributed by atoms with Crippen LogP contribution in [0.3, 0.4) is 0 Å². The molecular weight excluding hydrogens is 176 g/mol. The maximum absolute atomic E-state index is 8.35. The van der Waals surface area contributed by atoms with E-state index in [0.717, 1.165) is 25.1 Å². The molecule has 1 unspecified atom stereocenters. The van der Waals surface area contributed by atoms with Crippen molar-refractivity contribution in [1.29, 1.82) is 5.26 Å². The molecule has 0 aliphatic heterocycles. The van der Waals surface area contributed by atoms with E-state index in [9.17, 15) is 0 Å². The number of nitrogens with zero attached hydrogens (tertiary/aromatic N) is 1. The molecule has 0 aliphatic carbocycles. The Kier molecular flexibility index (Phi) is 4.81. The van der Waals surface area contributed by atoms with Crippen LogP contribution < -0.4 is 5.32 Å². The third kappa shape index (κ3) is 4.11. The molecule has 0 amide bonds. The highest BCUT2D eigenvalue weighted by atomic mass is 16.3. The average molecular weight is 192 g/mol. The average Bonchev–Trinajstić information content (AvgIpc) is 2.65. The Labute approximate surface area is 84.7 Å². The van der Waals surface area contributed by atoms with Gasteiger partial charge in [-0.1, -0.05) is 0 Å². The van der Waals surface area contributed by atoms with E-state index in [0.29, 0.717) is 12.5 Å². The standard InChI is InChI=1S/C11H16N2O/c1-10(13-7-3-2-6-12)9-11-5-4-8-14-11/h4-5,8,10,13H,2-3,7,9H2,1H3.